The summed E-state index contributed by atoms with van der Waals surface area (Å²) in [6.45, 7) is 3.06. The van der Waals surface area contributed by atoms with Crippen LogP contribution in [0.15, 0.2) is 18.2 Å². The Balaban J connectivity index is 2.31. The van der Waals surface area contributed by atoms with Crippen LogP contribution in [-0.2, 0) is 11.2 Å². The van der Waals surface area contributed by atoms with E-state index in [4.69, 9.17) is 5.73 Å². The second kappa shape index (κ2) is 6.05. The highest BCUT2D eigenvalue weighted by atomic mass is 16.4. The molecule has 0 aliphatic carbocycles. The van der Waals surface area contributed by atoms with Crippen LogP contribution >= 0.6 is 0 Å². The number of carboxylic acids is 1. The summed E-state index contributed by atoms with van der Waals surface area (Å²) in [5.41, 5.74) is 7.36. The van der Waals surface area contributed by atoms with Crippen LogP contribution in [0.2, 0.25) is 0 Å². The summed E-state index contributed by atoms with van der Waals surface area (Å²) in [7, 11) is 0. The molecule has 1 aliphatic heterocycles. The first kappa shape index (κ1) is 14.5. The predicted octanol–water partition coefficient (Wildman–Crippen LogP) is 1.65. The molecule has 3 N–H and O–H groups in total. The number of hydrogen-bond donors (Lipinski definition) is 2. The van der Waals surface area contributed by atoms with Gasteiger partial charge in [0.2, 0.25) is 5.91 Å². The average Bonchev–Trinajstić information content (AvgIpc) is 2.45. The lowest BCUT2D eigenvalue weighted by atomic mass is 9.95. The van der Waals surface area contributed by atoms with Crippen LogP contribution in [0.25, 0.3) is 0 Å². The number of carbonyl (C=O) groups is 2. The second-order valence-corrected chi connectivity index (χ2v) is 5.30. The molecule has 5 heteroatoms. The zero-order chi connectivity index (χ0) is 14.7. The summed E-state index contributed by atoms with van der Waals surface area (Å²) in [6, 6.07) is 5.11. The first-order valence-electron chi connectivity index (χ1n) is 6.90. The molecular weight excluding hydrogens is 256 g/mol. The number of fused-ring (bicyclic) bond motifs is 1. The summed E-state index contributed by atoms with van der Waals surface area (Å²) in [5, 5.41) is 9.23. The molecule has 1 unspecified atom stereocenters. The zero-order valence-corrected chi connectivity index (χ0v) is 11.6. The van der Waals surface area contributed by atoms with Crippen molar-refractivity contribution in [3.8, 4) is 0 Å². The number of rotatable bonds is 4. The predicted molar refractivity (Wildman–Crippen MR) is 76.9 cm³/mol. The van der Waals surface area contributed by atoms with Gasteiger partial charge in [-0.05, 0) is 43.0 Å². The van der Waals surface area contributed by atoms with Crippen LogP contribution in [0.1, 0.15) is 35.7 Å². The van der Waals surface area contributed by atoms with Gasteiger partial charge in [-0.1, -0.05) is 13.0 Å². The maximum atomic E-state index is 12.3. The Kier molecular flexibility index (Phi) is 4.39. The van der Waals surface area contributed by atoms with Crippen molar-refractivity contribution in [3.05, 3.63) is 29.3 Å². The smallest absolute Gasteiger partial charge is 0.336 e. The number of hydrogen-bond acceptors (Lipinski definition) is 3. The fraction of sp³-hybridized carbons (Fsp3) is 0.467. The Labute approximate surface area is 118 Å². The summed E-state index contributed by atoms with van der Waals surface area (Å²) < 4.78 is 0. The summed E-state index contributed by atoms with van der Waals surface area (Å²) in [5.74, 6) is -0.784. The lowest BCUT2D eigenvalue weighted by Gasteiger charge is -2.31. The highest BCUT2D eigenvalue weighted by Gasteiger charge is 2.26. The van der Waals surface area contributed by atoms with Crippen molar-refractivity contribution in [2.75, 3.05) is 18.0 Å². The fourth-order valence-electron chi connectivity index (χ4n) is 2.58. The van der Waals surface area contributed by atoms with Gasteiger partial charge in [0.05, 0.1) is 5.56 Å². The molecule has 0 fully saturated rings. The third-order valence-corrected chi connectivity index (χ3v) is 3.71. The van der Waals surface area contributed by atoms with E-state index >= 15 is 0 Å². The van der Waals surface area contributed by atoms with Gasteiger partial charge in [0.15, 0.2) is 0 Å². The molecule has 0 bridgehead atoms. The van der Waals surface area contributed by atoms with Crippen molar-refractivity contribution >= 4 is 17.6 Å². The highest BCUT2D eigenvalue weighted by Crippen LogP contribution is 2.30. The maximum absolute atomic E-state index is 12.3. The first-order chi connectivity index (χ1) is 9.54. The minimum atomic E-state index is -0.938. The largest absolute Gasteiger partial charge is 0.478 e. The lowest BCUT2D eigenvalue weighted by molar-refractivity contribution is -0.119. The monoisotopic (exact) mass is 276 g/mol. The van der Waals surface area contributed by atoms with Gasteiger partial charge < -0.3 is 15.7 Å². The molecule has 0 aromatic heterocycles. The standard InChI is InChI=1S/C15H20N2O3/c1-10(9-16)8-14(18)17-7-3-5-11-12(15(19)20)4-2-6-13(11)17/h2,4,6,10H,3,5,7-9,16H2,1H3,(H,19,20). The van der Waals surface area contributed by atoms with E-state index in [0.29, 0.717) is 31.5 Å². The van der Waals surface area contributed by atoms with Crippen molar-refractivity contribution in [1.29, 1.82) is 0 Å². The number of carbonyl (C=O) groups excluding carboxylic acids is 1. The Bertz CT molecular complexity index is 528. The van der Waals surface area contributed by atoms with Gasteiger partial charge in [0, 0.05) is 18.7 Å². The molecular formula is C15H20N2O3. The molecule has 1 aromatic carbocycles. The van der Waals surface area contributed by atoms with Gasteiger partial charge in [-0.3, -0.25) is 4.79 Å². The Morgan fingerprint density at radius 2 is 2.20 bits per heavy atom. The molecule has 1 atom stereocenters. The molecule has 1 amide bonds. The Morgan fingerprint density at radius 1 is 1.45 bits per heavy atom. The zero-order valence-electron chi connectivity index (χ0n) is 11.6. The van der Waals surface area contributed by atoms with Gasteiger partial charge in [0.1, 0.15) is 0 Å². The molecule has 108 valence electrons. The summed E-state index contributed by atoms with van der Waals surface area (Å²) in [6.07, 6.45) is 1.89. The number of benzene rings is 1. The Hall–Kier alpha value is -1.88. The summed E-state index contributed by atoms with van der Waals surface area (Å²) in [4.78, 5) is 25.3. The van der Waals surface area contributed by atoms with Crippen LogP contribution in [0.5, 0.6) is 0 Å². The van der Waals surface area contributed by atoms with E-state index in [1.54, 1.807) is 17.0 Å². The van der Waals surface area contributed by atoms with E-state index in [2.05, 4.69) is 0 Å². The number of carboxylic acid groups (broad SMARTS) is 1. The first-order valence-corrected chi connectivity index (χ1v) is 6.90. The molecule has 20 heavy (non-hydrogen) atoms. The third kappa shape index (κ3) is 2.82. The lowest BCUT2D eigenvalue weighted by Crippen LogP contribution is -2.37. The van der Waals surface area contributed by atoms with E-state index < -0.39 is 5.97 Å². The van der Waals surface area contributed by atoms with E-state index in [1.807, 2.05) is 13.0 Å². The molecule has 2 rings (SSSR count). The number of aromatic carboxylic acids is 1. The molecule has 0 saturated heterocycles. The van der Waals surface area contributed by atoms with Crippen LogP contribution in [0.4, 0.5) is 5.69 Å². The normalized spacial score (nSPS) is 15.6. The molecule has 0 radical (unpaired) electrons. The van der Waals surface area contributed by atoms with Gasteiger partial charge in [0.25, 0.3) is 0 Å². The SMILES string of the molecule is CC(CN)CC(=O)N1CCCc2c(C(=O)O)cccc21. The van der Waals surface area contributed by atoms with Crippen molar-refractivity contribution in [3.63, 3.8) is 0 Å². The van der Waals surface area contributed by atoms with Crippen molar-refractivity contribution in [2.24, 2.45) is 11.7 Å². The van der Waals surface area contributed by atoms with Crippen LogP contribution in [-0.4, -0.2) is 30.1 Å². The van der Waals surface area contributed by atoms with Crippen LogP contribution in [0.3, 0.4) is 0 Å². The molecule has 1 aliphatic rings. The number of anilines is 1. The average molecular weight is 276 g/mol. The molecule has 0 saturated carbocycles. The van der Waals surface area contributed by atoms with Crippen LogP contribution in [0, 0.1) is 5.92 Å². The third-order valence-electron chi connectivity index (χ3n) is 3.71. The van der Waals surface area contributed by atoms with Crippen molar-refractivity contribution in [1.82, 2.24) is 0 Å². The quantitative estimate of drug-likeness (QED) is 0.875. The molecule has 5 nitrogen and oxygen atoms in total. The maximum Gasteiger partial charge on any atom is 0.336 e. The highest BCUT2D eigenvalue weighted by molar-refractivity contribution is 5.98. The fourth-order valence-corrected chi connectivity index (χ4v) is 2.58. The van der Waals surface area contributed by atoms with E-state index in [-0.39, 0.29) is 11.8 Å². The molecule has 1 aromatic rings. The van der Waals surface area contributed by atoms with E-state index in [1.165, 1.54) is 0 Å². The number of amides is 1. The van der Waals surface area contributed by atoms with E-state index in [9.17, 15) is 14.7 Å². The molecule has 1 heterocycles. The topological polar surface area (TPSA) is 83.6 Å². The minimum Gasteiger partial charge on any atom is -0.478 e. The van der Waals surface area contributed by atoms with Gasteiger partial charge in [-0.25, -0.2) is 4.79 Å². The van der Waals surface area contributed by atoms with E-state index in [0.717, 1.165) is 17.7 Å². The van der Waals surface area contributed by atoms with Crippen molar-refractivity contribution < 1.29 is 14.7 Å². The minimum absolute atomic E-state index is 0.0199. The number of nitrogens with zero attached hydrogens (tertiary/aromatic N) is 1. The van der Waals surface area contributed by atoms with Gasteiger partial charge in [-0.15, -0.1) is 0 Å². The van der Waals surface area contributed by atoms with Gasteiger partial charge >= 0.3 is 5.97 Å². The molecule has 0 spiro atoms. The Morgan fingerprint density at radius 3 is 2.85 bits per heavy atom. The second-order valence-electron chi connectivity index (χ2n) is 5.30. The number of nitrogens with two attached hydrogens (primary N) is 1. The van der Waals surface area contributed by atoms with Crippen LogP contribution < -0.4 is 10.6 Å². The summed E-state index contributed by atoms with van der Waals surface area (Å²) >= 11 is 0. The van der Waals surface area contributed by atoms with Crippen molar-refractivity contribution in [2.45, 2.75) is 26.2 Å². The van der Waals surface area contributed by atoms with Gasteiger partial charge in [-0.2, -0.15) is 0 Å².